The van der Waals surface area contributed by atoms with Crippen molar-refractivity contribution in [3.8, 4) is 11.5 Å². The fourth-order valence-electron chi connectivity index (χ4n) is 1.62. The second kappa shape index (κ2) is 3.94. The molecule has 0 radical (unpaired) electrons. The first kappa shape index (κ1) is 12.3. The quantitative estimate of drug-likeness (QED) is 0.853. The van der Waals surface area contributed by atoms with Gasteiger partial charge in [-0.25, -0.2) is 0 Å². The Kier molecular flexibility index (Phi) is 2.68. The van der Waals surface area contributed by atoms with Crippen molar-refractivity contribution < 1.29 is 23.0 Å². The first-order chi connectivity index (χ1) is 8.28. The summed E-state index contributed by atoms with van der Waals surface area (Å²) in [6, 6.07) is 4.31. The van der Waals surface area contributed by atoms with E-state index in [9.17, 15) is 23.1 Å². The van der Waals surface area contributed by atoms with Gasteiger partial charge >= 0.3 is 6.36 Å². The normalized spacial score (nSPS) is 11.8. The summed E-state index contributed by atoms with van der Waals surface area (Å²) in [4.78, 5) is 11.4. The van der Waals surface area contributed by atoms with Gasteiger partial charge in [0.05, 0.1) is 5.52 Å². The molecule has 0 aliphatic rings. The molecular weight excluding hydrogens is 251 g/mol. The smallest absolute Gasteiger partial charge is 0.507 e. The van der Waals surface area contributed by atoms with E-state index >= 15 is 0 Å². The molecule has 1 N–H and O–H groups in total. The van der Waals surface area contributed by atoms with E-state index < -0.39 is 17.7 Å². The second-order valence-corrected chi connectivity index (χ2v) is 3.65. The number of aromatic hydroxyl groups is 1. The highest BCUT2D eigenvalue weighted by Crippen LogP contribution is 2.29. The summed E-state index contributed by atoms with van der Waals surface area (Å²) in [5.74, 6) is -0.843. The number of hydrogen-bond acceptors (Lipinski definition) is 3. The van der Waals surface area contributed by atoms with Crippen molar-refractivity contribution in [2.75, 3.05) is 0 Å². The molecule has 0 unspecified atom stereocenters. The zero-order chi connectivity index (χ0) is 13.5. The molecule has 0 saturated heterocycles. The van der Waals surface area contributed by atoms with E-state index in [1.807, 2.05) is 0 Å². The van der Waals surface area contributed by atoms with E-state index in [4.69, 9.17) is 0 Å². The molecule has 2 rings (SSSR count). The maximum absolute atomic E-state index is 12.0. The fraction of sp³-hybridized carbons (Fsp3) is 0.182. The van der Waals surface area contributed by atoms with Gasteiger partial charge in [-0.15, -0.1) is 13.2 Å². The van der Waals surface area contributed by atoms with E-state index in [-0.39, 0.29) is 11.1 Å². The van der Waals surface area contributed by atoms with Crippen molar-refractivity contribution in [2.45, 2.75) is 6.36 Å². The Hall–Kier alpha value is -2.18. The number of aromatic nitrogens is 1. The van der Waals surface area contributed by atoms with Gasteiger partial charge in [-0.3, -0.25) is 4.79 Å². The van der Waals surface area contributed by atoms with Crippen molar-refractivity contribution in [3.05, 3.63) is 34.6 Å². The summed E-state index contributed by atoms with van der Waals surface area (Å²) >= 11 is 0. The predicted octanol–water partition coefficient (Wildman–Crippen LogP) is 2.14. The van der Waals surface area contributed by atoms with Crippen LogP contribution in [0.4, 0.5) is 13.2 Å². The van der Waals surface area contributed by atoms with Gasteiger partial charge in [-0.2, -0.15) is 0 Å². The average Bonchev–Trinajstić information content (AvgIpc) is 2.24. The number of pyridine rings is 1. The number of benzene rings is 1. The van der Waals surface area contributed by atoms with Gasteiger partial charge in [0, 0.05) is 18.5 Å². The number of nitrogens with zero attached hydrogens (tertiary/aromatic N) is 1. The molecule has 1 heterocycles. The maximum Gasteiger partial charge on any atom is 0.573 e. The number of fused-ring (bicyclic) bond motifs is 1. The third-order valence-electron chi connectivity index (χ3n) is 2.43. The van der Waals surface area contributed by atoms with Crippen LogP contribution in [0.5, 0.6) is 11.5 Å². The summed E-state index contributed by atoms with van der Waals surface area (Å²) in [6.07, 6.45) is -4.80. The second-order valence-electron chi connectivity index (χ2n) is 3.65. The van der Waals surface area contributed by atoms with Gasteiger partial charge in [0.1, 0.15) is 11.5 Å². The van der Waals surface area contributed by atoms with Gasteiger partial charge in [0.2, 0.25) is 0 Å². The van der Waals surface area contributed by atoms with E-state index in [1.165, 1.54) is 17.7 Å². The maximum atomic E-state index is 12.0. The molecule has 1 aromatic carbocycles. The fourth-order valence-corrected chi connectivity index (χ4v) is 1.62. The molecule has 0 atom stereocenters. The van der Waals surface area contributed by atoms with Gasteiger partial charge in [0.25, 0.3) is 5.56 Å². The highest BCUT2D eigenvalue weighted by molar-refractivity contribution is 5.86. The van der Waals surface area contributed by atoms with Crippen LogP contribution in [0.2, 0.25) is 0 Å². The standard InChI is InChI=1S/C11H8F3NO3/c1-15-8-3-2-6(18-11(12,13)14)4-7(8)9(16)5-10(15)17/h2-5,16H,1H3. The Bertz CT molecular complexity index is 661. The first-order valence-electron chi connectivity index (χ1n) is 4.86. The van der Waals surface area contributed by atoms with Crippen molar-refractivity contribution in [1.29, 1.82) is 0 Å². The summed E-state index contributed by atoms with van der Waals surface area (Å²) < 4.78 is 41.1. The van der Waals surface area contributed by atoms with E-state index in [0.717, 1.165) is 18.2 Å². The average molecular weight is 259 g/mol. The molecule has 0 aliphatic heterocycles. The van der Waals surface area contributed by atoms with Gasteiger partial charge < -0.3 is 14.4 Å². The lowest BCUT2D eigenvalue weighted by Gasteiger charge is -2.11. The van der Waals surface area contributed by atoms with Crippen molar-refractivity contribution >= 4 is 10.9 Å². The van der Waals surface area contributed by atoms with Crippen LogP contribution >= 0.6 is 0 Å². The molecular formula is C11H8F3NO3. The Labute approximate surface area is 98.8 Å². The Morgan fingerprint density at radius 3 is 2.56 bits per heavy atom. The lowest BCUT2D eigenvalue weighted by molar-refractivity contribution is -0.274. The number of alkyl halides is 3. The van der Waals surface area contributed by atoms with Crippen molar-refractivity contribution in [2.24, 2.45) is 7.05 Å². The predicted molar refractivity (Wildman–Crippen MR) is 57.5 cm³/mol. The molecule has 4 nitrogen and oxygen atoms in total. The van der Waals surface area contributed by atoms with E-state index in [1.54, 1.807) is 0 Å². The molecule has 0 aliphatic carbocycles. The van der Waals surface area contributed by atoms with Gasteiger partial charge in [-0.1, -0.05) is 0 Å². The highest BCUT2D eigenvalue weighted by Gasteiger charge is 2.31. The van der Waals surface area contributed by atoms with Crippen LogP contribution in [0.1, 0.15) is 0 Å². The number of hydrogen-bond donors (Lipinski definition) is 1. The molecule has 0 fully saturated rings. The Morgan fingerprint density at radius 1 is 1.28 bits per heavy atom. The Balaban J connectivity index is 2.63. The zero-order valence-corrected chi connectivity index (χ0v) is 9.15. The molecule has 0 bridgehead atoms. The number of aryl methyl sites for hydroxylation is 1. The minimum atomic E-state index is -4.80. The summed E-state index contributed by atoms with van der Waals surface area (Å²) in [6.45, 7) is 0. The molecule has 0 saturated carbocycles. The lowest BCUT2D eigenvalue weighted by Crippen LogP contribution is -2.18. The minimum Gasteiger partial charge on any atom is -0.507 e. The van der Waals surface area contributed by atoms with Gasteiger partial charge in [0.15, 0.2) is 0 Å². The van der Waals surface area contributed by atoms with E-state index in [0.29, 0.717) is 5.52 Å². The third-order valence-corrected chi connectivity index (χ3v) is 2.43. The topological polar surface area (TPSA) is 51.5 Å². The monoisotopic (exact) mass is 259 g/mol. The van der Waals surface area contributed by atoms with Crippen LogP contribution in [0.25, 0.3) is 10.9 Å². The van der Waals surface area contributed by atoms with Crippen molar-refractivity contribution in [3.63, 3.8) is 0 Å². The van der Waals surface area contributed by atoms with Crippen LogP contribution in [0.3, 0.4) is 0 Å². The molecule has 0 amide bonds. The minimum absolute atomic E-state index is 0.110. The molecule has 18 heavy (non-hydrogen) atoms. The van der Waals surface area contributed by atoms with Gasteiger partial charge in [-0.05, 0) is 18.2 Å². The van der Waals surface area contributed by atoms with Crippen LogP contribution in [0.15, 0.2) is 29.1 Å². The molecule has 1 aromatic heterocycles. The van der Waals surface area contributed by atoms with Crippen LogP contribution in [-0.2, 0) is 7.05 Å². The first-order valence-corrected chi connectivity index (χ1v) is 4.86. The zero-order valence-electron chi connectivity index (χ0n) is 9.15. The number of halogens is 3. The number of ether oxygens (including phenoxy) is 1. The highest BCUT2D eigenvalue weighted by atomic mass is 19.4. The largest absolute Gasteiger partial charge is 0.573 e. The van der Waals surface area contributed by atoms with E-state index in [2.05, 4.69) is 4.74 Å². The Morgan fingerprint density at radius 2 is 1.94 bits per heavy atom. The SMILES string of the molecule is Cn1c(=O)cc(O)c2cc(OC(F)(F)F)ccc21. The molecule has 96 valence electrons. The summed E-state index contributed by atoms with van der Waals surface area (Å²) in [7, 11) is 1.45. The summed E-state index contributed by atoms with van der Waals surface area (Å²) in [5.41, 5.74) is -0.140. The molecule has 2 aromatic rings. The van der Waals surface area contributed by atoms with Crippen LogP contribution in [-0.4, -0.2) is 16.0 Å². The molecule has 0 spiro atoms. The van der Waals surface area contributed by atoms with Crippen LogP contribution < -0.4 is 10.3 Å². The van der Waals surface area contributed by atoms with Crippen molar-refractivity contribution in [1.82, 2.24) is 4.57 Å². The number of rotatable bonds is 1. The third kappa shape index (κ3) is 2.24. The molecule has 7 heteroatoms. The van der Waals surface area contributed by atoms with Crippen LogP contribution in [0, 0.1) is 0 Å². The summed E-state index contributed by atoms with van der Waals surface area (Å²) in [5, 5.41) is 9.66. The lowest BCUT2D eigenvalue weighted by atomic mass is 10.2.